The minimum absolute atomic E-state index is 0.178. The number of hydrogen-bond donors (Lipinski definition) is 0. The van der Waals surface area contributed by atoms with Gasteiger partial charge in [-0.05, 0) is 194 Å². The highest BCUT2D eigenvalue weighted by atomic mass is 19.1. The second-order valence-electron chi connectivity index (χ2n) is 21.5. The first-order valence-electron chi connectivity index (χ1n) is 26.4. The first-order chi connectivity index (χ1) is 37.5. The molecule has 0 aliphatic heterocycles. The molecule has 12 aromatic carbocycles. The van der Waals surface area contributed by atoms with E-state index in [2.05, 4.69) is 201 Å². The van der Waals surface area contributed by atoms with Gasteiger partial charge in [-0.25, -0.2) is 17.6 Å². The summed E-state index contributed by atoms with van der Waals surface area (Å²) in [7, 11) is 0. The molecule has 12 aromatic rings. The molecule has 0 saturated heterocycles. The molecule has 0 heterocycles. The number of benzene rings is 12. The molecule has 12 rings (SSSR count). The van der Waals surface area contributed by atoms with Crippen LogP contribution in [-0.4, -0.2) is 0 Å². The van der Waals surface area contributed by atoms with Gasteiger partial charge in [0.05, 0.1) is 22.7 Å². The summed E-state index contributed by atoms with van der Waals surface area (Å²) < 4.78 is 63.8. The third kappa shape index (κ3) is 9.32. The van der Waals surface area contributed by atoms with Crippen LogP contribution in [0.15, 0.2) is 194 Å². The minimum Gasteiger partial charge on any atom is -0.307 e. The van der Waals surface area contributed by atoms with Gasteiger partial charge in [-0.2, -0.15) is 0 Å². The van der Waals surface area contributed by atoms with Crippen molar-refractivity contribution in [2.24, 2.45) is 0 Å². The fraction of sp³-hybridized carbons (Fsp3) is 0.111. The molecule has 0 atom stereocenters. The van der Waals surface area contributed by atoms with E-state index in [1.165, 1.54) is 24.3 Å². The van der Waals surface area contributed by atoms with E-state index in [1.807, 2.05) is 21.9 Å². The van der Waals surface area contributed by atoms with Gasteiger partial charge in [0.15, 0.2) is 0 Å². The molecule has 0 spiro atoms. The predicted octanol–water partition coefficient (Wildman–Crippen LogP) is 21.2. The molecule has 0 aliphatic carbocycles. The van der Waals surface area contributed by atoms with Crippen molar-refractivity contribution in [3.05, 3.63) is 262 Å². The molecule has 0 unspecified atom stereocenters. The molecule has 0 radical (unpaired) electrons. The molecule has 0 N–H and O–H groups in total. The molecular weight excluding hydrogens is 969 g/mol. The zero-order chi connectivity index (χ0) is 54.3. The van der Waals surface area contributed by atoms with Crippen LogP contribution in [0.4, 0.5) is 51.7 Å². The third-order valence-electron chi connectivity index (χ3n) is 15.0. The van der Waals surface area contributed by atoms with Crippen LogP contribution in [0.5, 0.6) is 0 Å². The summed E-state index contributed by atoms with van der Waals surface area (Å²) in [6.07, 6.45) is 0. The Hall–Kier alpha value is -9.00. The van der Waals surface area contributed by atoms with Crippen LogP contribution >= 0.6 is 0 Å². The molecule has 382 valence electrons. The van der Waals surface area contributed by atoms with Gasteiger partial charge in [0.2, 0.25) is 0 Å². The summed E-state index contributed by atoms with van der Waals surface area (Å²) >= 11 is 0. The highest BCUT2D eigenvalue weighted by Crippen LogP contribution is 2.50. The van der Waals surface area contributed by atoms with Gasteiger partial charge in [0.1, 0.15) is 23.3 Å². The van der Waals surface area contributed by atoms with Crippen LogP contribution < -0.4 is 9.80 Å². The summed E-state index contributed by atoms with van der Waals surface area (Å²) in [5.74, 6) is -2.79. The number of rotatable bonds is 10. The summed E-state index contributed by atoms with van der Waals surface area (Å²) in [6, 6.07) is 62.6. The Kier molecular flexibility index (Phi) is 12.5. The maximum Gasteiger partial charge on any atom is 0.150 e. The highest BCUT2D eigenvalue weighted by molar-refractivity contribution is 6.28. The molecular formula is C72H56F4N2. The van der Waals surface area contributed by atoms with E-state index in [0.717, 1.165) is 133 Å². The van der Waals surface area contributed by atoms with E-state index >= 15 is 17.6 Å². The number of hydrogen-bond acceptors (Lipinski definition) is 2. The zero-order valence-electron chi connectivity index (χ0n) is 44.9. The van der Waals surface area contributed by atoms with Crippen LogP contribution in [-0.2, 0) is 0 Å². The molecule has 78 heavy (non-hydrogen) atoms. The molecule has 0 fully saturated rings. The van der Waals surface area contributed by atoms with E-state index < -0.39 is 23.3 Å². The fourth-order valence-corrected chi connectivity index (χ4v) is 12.0. The Morgan fingerprint density at radius 3 is 0.782 bits per heavy atom. The topological polar surface area (TPSA) is 6.48 Å². The van der Waals surface area contributed by atoms with Crippen molar-refractivity contribution in [1.29, 1.82) is 0 Å². The molecule has 2 nitrogen and oxygen atoms in total. The lowest BCUT2D eigenvalue weighted by atomic mass is 9.91. The summed E-state index contributed by atoms with van der Waals surface area (Å²) in [6.45, 7) is 16.7. The monoisotopic (exact) mass is 1020 g/mol. The van der Waals surface area contributed by atoms with Crippen LogP contribution in [0.2, 0.25) is 0 Å². The normalized spacial score (nSPS) is 11.6. The zero-order valence-corrected chi connectivity index (χ0v) is 44.9. The average Bonchev–Trinajstić information content (AvgIpc) is 3.60. The third-order valence-corrected chi connectivity index (χ3v) is 15.0. The molecule has 0 saturated carbocycles. The first kappa shape index (κ1) is 49.9. The Morgan fingerprint density at radius 2 is 0.500 bits per heavy atom. The number of halogens is 4. The van der Waals surface area contributed by atoms with E-state index in [4.69, 9.17) is 0 Å². The lowest BCUT2D eigenvalue weighted by molar-refractivity contribution is 0.583. The summed E-state index contributed by atoms with van der Waals surface area (Å²) in [4.78, 5) is 3.82. The van der Waals surface area contributed by atoms with Crippen molar-refractivity contribution < 1.29 is 17.6 Å². The quantitative estimate of drug-likeness (QED) is 0.0995. The fourth-order valence-electron chi connectivity index (χ4n) is 12.0. The van der Waals surface area contributed by atoms with Gasteiger partial charge in [0.25, 0.3) is 0 Å². The molecule has 0 bridgehead atoms. The maximum absolute atomic E-state index is 16.9. The van der Waals surface area contributed by atoms with Crippen molar-refractivity contribution in [3.63, 3.8) is 0 Å². The van der Waals surface area contributed by atoms with Gasteiger partial charge in [-0.3, -0.25) is 0 Å². The van der Waals surface area contributed by atoms with Crippen LogP contribution in [0.1, 0.15) is 44.5 Å². The first-order valence-corrected chi connectivity index (χ1v) is 26.4. The molecule has 6 heteroatoms. The predicted molar refractivity (Wildman–Crippen MR) is 319 cm³/mol. The standard InChI is InChI=1S/C72H56F4N2/c1-41-21-42(2)26-51(25-41)55-33-56(52-27-43(3)22-44(4)28-52)36-61(35-55)77(69-19-13-59(73)39-65(69)75)67-17-11-49-10-16-64-68(18-12-50-9-15-63(67)71(49)72(50)64)78(70-20-14-60(74)40-66(70)76)62-37-57(53-29-45(5)23-46(6)30-53)34-58(38-62)54-31-47(7)24-48(8)32-54/h9-40H,1-8H3. The van der Waals surface area contributed by atoms with Gasteiger partial charge in [0, 0.05) is 34.3 Å². The second kappa shape index (κ2) is 19.5. The molecule has 0 aliphatic rings. The van der Waals surface area contributed by atoms with Gasteiger partial charge in [-0.15, -0.1) is 0 Å². The van der Waals surface area contributed by atoms with Crippen molar-refractivity contribution >= 4 is 66.4 Å². The van der Waals surface area contributed by atoms with Gasteiger partial charge in [-0.1, -0.05) is 154 Å². The SMILES string of the molecule is Cc1cc(C)cc(-c2cc(-c3cc(C)cc(C)c3)cc(N(c3ccc(F)cc3F)c3ccc4ccc5c(N(c6cc(-c7cc(C)cc(C)c7)cc(-c7cc(C)cc(C)c7)c6)c6ccc(F)cc6F)ccc6ccc3c4c65)c2)c1. The van der Waals surface area contributed by atoms with Crippen LogP contribution in [0, 0.1) is 78.7 Å². The van der Waals surface area contributed by atoms with Crippen molar-refractivity contribution in [3.8, 4) is 44.5 Å². The highest BCUT2D eigenvalue weighted by Gasteiger charge is 2.26. The minimum atomic E-state index is -0.715. The maximum atomic E-state index is 16.9. The van der Waals surface area contributed by atoms with E-state index in [1.54, 1.807) is 0 Å². The second-order valence-corrected chi connectivity index (χ2v) is 21.5. The summed E-state index contributed by atoms with van der Waals surface area (Å²) in [5, 5.41) is 5.36. The van der Waals surface area contributed by atoms with Crippen molar-refractivity contribution in [1.82, 2.24) is 0 Å². The van der Waals surface area contributed by atoms with Crippen LogP contribution in [0.25, 0.3) is 76.8 Å². The van der Waals surface area contributed by atoms with Gasteiger partial charge < -0.3 is 9.80 Å². The smallest absolute Gasteiger partial charge is 0.150 e. The largest absolute Gasteiger partial charge is 0.307 e. The Labute approximate surface area is 453 Å². The number of aryl methyl sites for hydroxylation is 8. The van der Waals surface area contributed by atoms with E-state index in [0.29, 0.717) is 22.7 Å². The van der Waals surface area contributed by atoms with Gasteiger partial charge >= 0.3 is 0 Å². The Balaban J connectivity index is 1.13. The Morgan fingerprint density at radius 1 is 0.244 bits per heavy atom. The van der Waals surface area contributed by atoms with Crippen LogP contribution in [0.3, 0.4) is 0 Å². The molecule has 0 aromatic heterocycles. The Bertz CT molecular complexity index is 3880. The number of anilines is 6. The average molecular weight is 1030 g/mol. The van der Waals surface area contributed by atoms with Crippen molar-refractivity contribution in [2.45, 2.75) is 55.4 Å². The van der Waals surface area contributed by atoms with Crippen molar-refractivity contribution in [2.75, 3.05) is 9.80 Å². The lowest BCUT2D eigenvalue weighted by Gasteiger charge is -2.30. The lowest BCUT2D eigenvalue weighted by Crippen LogP contribution is -2.14. The van der Waals surface area contributed by atoms with E-state index in [9.17, 15) is 0 Å². The van der Waals surface area contributed by atoms with E-state index in [-0.39, 0.29) is 11.4 Å². The number of nitrogens with zero attached hydrogens (tertiary/aromatic N) is 2. The summed E-state index contributed by atoms with van der Waals surface area (Å²) in [5.41, 5.74) is 19.9. The molecule has 0 amide bonds.